The van der Waals surface area contributed by atoms with Crippen LogP contribution in [0.25, 0.3) is 0 Å². The molecule has 0 rings (SSSR count). The molecule has 0 saturated carbocycles. The molecule has 0 bridgehead atoms. The number of hydrogen-bond acceptors (Lipinski definition) is 8. The molecule has 0 aliphatic rings. The summed E-state index contributed by atoms with van der Waals surface area (Å²) in [7, 11) is 0. The monoisotopic (exact) mass is 477 g/mol. The number of carboxylic acids is 2. The predicted octanol–water partition coefficient (Wildman–Crippen LogP) is -2.43. The Hall–Kier alpha value is -2.87. The summed E-state index contributed by atoms with van der Waals surface area (Å²) in [5, 5.41) is 24.6. The van der Waals surface area contributed by atoms with Crippen molar-refractivity contribution in [2.24, 2.45) is 17.4 Å². The highest BCUT2D eigenvalue weighted by atomic mass is 32.1. The van der Waals surface area contributed by atoms with Crippen LogP contribution in [0, 0.1) is 5.92 Å². The zero-order valence-electron chi connectivity index (χ0n) is 17.9. The molecule has 4 unspecified atom stereocenters. The van der Waals surface area contributed by atoms with E-state index in [2.05, 4.69) is 28.6 Å². The molecule has 0 aliphatic heterocycles. The van der Waals surface area contributed by atoms with Gasteiger partial charge in [-0.3, -0.25) is 24.0 Å². The number of amides is 4. The van der Waals surface area contributed by atoms with Crippen molar-refractivity contribution in [3.05, 3.63) is 0 Å². The van der Waals surface area contributed by atoms with Gasteiger partial charge in [0.2, 0.25) is 23.6 Å². The van der Waals surface area contributed by atoms with E-state index in [4.69, 9.17) is 21.7 Å². The number of hydrogen-bond donors (Lipinski definition) is 8. The van der Waals surface area contributed by atoms with Crippen molar-refractivity contribution in [1.82, 2.24) is 16.0 Å². The first-order valence-corrected chi connectivity index (χ1v) is 10.4. The minimum atomic E-state index is -1.47. The van der Waals surface area contributed by atoms with Gasteiger partial charge in [-0.15, -0.1) is 0 Å². The average Bonchev–Trinajstić information content (AvgIpc) is 2.67. The molecule has 0 radical (unpaired) electrons. The summed E-state index contributed by atoms with van der Waals surface area (Å²) in [6, 6.07) is -5.18. The first-order valence-electron chi connectivity index (χ1n) is 9.78. The zero-order chi connectivity index (χ0) is 25.0. The summed E-state index contributed by atoms with van der Waals surface area (Å²) in [6.45, 7) is 3.54. The second-order valence-corrected chi connectivity index (χ2v) is 7.91. The van der Waals surface area contributed by atoms with Crippen LogP contribution in [-0.4, -0.2) is 75.7 Å². The molecule has 0 spiro atoms. The third-order valence-electron chi connectivity index (χ3n) is 4.18. The number of aliphatic carboxylic acids is 2. The first kappa shape index (κ1) is 29.1. The van der Waals surface area contributed by atoms with E-state index >= 15 is 0 Å². The summed E-state index contributed by atoms with van der Waals surface area (Å²) in [4.78, 5) is 70.6. The lowest BCUT2D eigenvalue weighted by molar-refractivity contribution is -0.142. The predicted molar refractivity (Wildman–Crippen MR) is 115 cm³/mol. The van der Waals surface area contributed by atoms with Crippen molar-refractivity contribution in [3.8, 4) is 0 Å². The Morgan fingerprint density at radius 1 is 0.875 bits per heavy atom. The van der Waals surface area contributed by atoms with Gasteiger partial charge in [0.05, 0.1) is 12.5 Å². The van der Waals surface area contributed by atoms with Crippen molar-refractivity contribution >= 4 is 48.2 Å². The maximum atomic E-state index is 12.7. The second kappa shape index (κ2) is 14.2. The van der Waals surface area contributed by atoms with Crippen LogP contribution in [0.15, 0.2) is 0 Å². The molecule has 9 N–H and O–H groups in total. The number of nitrogens with two attached hydrogens (primary N) is 2. The minimum absolute atomic E-state index is 0.0843. The van der Waals surface area contributed by atoms with Gasteiger partial charge < -0.3 is 37.6 Å². The first-order chi connectivity index (χ1) is 14.8. The molecular weight excluding hydrogens is 446 g/mol. The number of rotatable bonds is 15. The summed E-state index contributed by atoms with van der Waals surface area (Å²) in [6.07, 6.45) is -1.06. The topological polar surface area (TPSA) is 231 Å². The highest BCUT2D eigenvalue weighted by Crippen LogP contribution is 2.07. The summed E-state index contributed by atoms with van der Waals surface area (Å²) in [5.41, 5.74) is 10.7. The van der Waals surface area contributed by atoms with Gasteiger partial charge >= 0.3 is 11.9 Å². The molecule has 0 aromatic rings. The van der Waals surface area contributed by atoms with Crippen LogP contribution in [0.5, 0.6) is 0 Å². The molecule has 0 aromatic heterocycles. The Kier molecular flexibility index (Phi) is 13.0. The largest absolute Gasteiger partial charge is 0.481 e. The van der Waals surface area contributed by atoms with Gasteiger partial charge in [-0.05, 0) is 18.8 Å². The lowest BCUT2D eigenvalue weighted by Crippen LogP contribution is -2.58. The number of carbonyl (C=O) groups excluding carboxylic acids is 4. The van der Waals surface area contributed by atoms with Crippen LogP contribution < -0.4 is 27.4 Å². The normalized spacial score (nSPS) is 14.5. The maximum absolute atomic E-state index is 12.7. The van der Waals surface area contributed by atoms with Crippen LogP contribution in [0.4, 0.5) is 0 Å². The Balaban J connectivity index is 5.41. The minimum Gasteiger partial charge on any atom is -0.481 e. The van der Waals surface area contributed by atoms with Gasteiger partial charge in [0.1, 0.15) is 18.1 Å². The fourth-order valence-electron chi connectivity index (χ4n) is 2.53. The fraction of sp³-hybridized carbons (Fsp3) is 0.667. The van der Waals surface area contributed by atoms with E-state index < -0.39 is 66.2 Å². The fourth-order valence-corrected chi connectivity index (χ4v) is 2.78. The van der Waals surface area contributed by atoms with Crippen molar-refractivity contribution in [2.75, 3.05) is 5.75 Å². The highest BCUT2D eigenvalue weighted by molar-refractivity contribution is 7.80. The SMILES string of the molecule is CC(C)CC(NC(=O)C(CC(N)=O)NC(=O)C(N)CCC(=O)O)C(=O)NC(CS)C(=O)O. The summed E-state index contributed by atoms with van der Waals surface area (Å²) >= 11 is 3.86. The Morgan fingerprint density at radius 2 is 1.38 bits per heavy atom. The van der Waals surface area contributed by atoms with E-state index in [0.29, 0.717) is 0 Å². The van der Waals surface area contributed by atoms with Crippen molar-refractivity contribution in [2.45, 2.75) is 63.7 Å². The molecule has 0 heterocycles. The van der Waals surface area contributed by atoms with E-state index in [0.717, 1.165) is 0 Å². The third-order valence-corrected chi connectivity index (χ3v) is 4.55. The van der Waals surface area contributed by atoms with Crippen molar-refractivity contribution < 1.29 is 39.0 Å². The molecular formula is C18H31N5O8S. The standard InChI is InChI=1S/C18H31N5O8S/c1-8(2)5-10(16(28)23-12(7-32)18(30)31)22-17(29)11(6-13(20)24)21-15(27)9(19)3-4-14(25)26/h8-12,32H,3-7,19H2,1-2H3,(H2,20,24)(H,21,27)(H,22,29)(H,23,28)(H,25,26)(H,30,31). The Labute approximate surface area is 190 Å². The molecule has 13 nitrogen and oxygen atoms in total. The molecule has 4 atom stereocenters. The van der Waals surface area contributed by atoms with Gasteiger partial charge in [-0.2, -0.15) is 12.6 Å². The number of nitrogens with one attached hydrogen (secondary N) is 3. The quantitative estimate of drug-likeness (QED) is 0.117. The van der Waals surface area contributed by atoms with Gasteiger partial charge in [-0.25, -0.2) is 4.79 Å². The van der Waals surface area contributed by atoms with Gasteiger partial charge in [0.15, 0.2) is 0 Å². The van der Waals surface area contributed by atoms with E-state index in [-0.39, 0.29) is 30.9 Å². The number of carboxylic acid groups (broad SMARTS) is 2. The van der Waals surface area contributed by atoms with E-state index in [9.17, 15) is 28.8 Å². The van der Waals surface area contributed by atoms with Crippen molar-refractivity contribution in [1.29, 1.82) is 0 Å². The Bertz CT molecular complexity index is 717. The number of thiol groups is 1. The van der Waals surface area contributed by atoms with Gasteiger partial charge in [0, 0.05) is 12.2 Å². The highest BCUT2D eigenvalue weighted by Gasteiger charge is 2.31. The lowest BCUT2D eigenvalue weighted by atomic mass is 10.0. The molecule has 32 heavy (non-hydrogen) atoms. The molecule has 4 amide bonds. The molecule has 14 heteroatoms. The van der Waals surface area contributed by atoms with E-state index in [1.165, 1.54) is 0 Å². The van der Waals surface area contributed by atoms with Crippen molar-refractivity contribution in [3.63, 3.8) is 0 Å². The Morgan fingerprint density at radius 3 is 1.81 bits per heavy atom. The average molecular weight is 478 g/mol. The van der Waals surface area contributed by atoms with Crippen LogP contribution in [0.3, 0.4) is 0 Å². The molecule has 0 aliphatic carbocycles. The number of carbonyl (C=O) groups is 6. The molecule has 0 fully saturated rings. The summed E-state index contributed by atoms with van der Waals surface area (Å²) < 4.78 is 0. The van der Waals surface area contributed by atoms with Crippen LogP contribution in [-0.2, 0) is 28.8 Å². The molecule has 0 aromatic carbocycles. The smallest absolute Gasteiger partial charge is 0.327 e. The zero-order valence-corrected chi connectivity index (χ0v) is 18.8. The van der Waals surface area contributed by atoms with Gasteiger partial charge in [-0.1, -0.05) is 13.8 Å². The molecule has 182 valence electrons. The maximum Gasteiger partial charge on any atom is 0.327 e. The van der Waals surface area contributed by atoms with Crippen LogP contribution in [0.2, 0.25) is 0 Å². The second-order valence-electron chi connectivity index (χ2n) is 7.54. The number of primary amides is 1. The third kappa shape index (κ3) is 11.5. The van der Waals surface area contributed by atoms with Crippen LogP contribution >= 0.6 is 12.6 Å². The van der Waals surface area contributed by atoms with E-state index in [1.54, 1.807) is 13.8 Å². The lowest BCUT2D eigenvalue weighted by Gasteiger charge is -2.25. The van der Waals surface area contributed by atoms with E-state index in [1.807, 2.05) is 0 Å². The van der Waals surface area contributed by atoms with Gasteiger partial charge in [0.25, 0.3) is 0 Å². The van der Waals surface area contributed by atoms with Crippen LogP contribution in [0.1, 0.15) is 39.5 Å². The summed E-state index contributed by atoms with van der Waals surface area (Å²) in [5.74, 6) is -6.23. The molecule has 0 saturated heterocycles.